The molecule has 2 rings (SSSR count). The lowest BCUT2D eigenvalue weighted by atomic mass is 10.0. The molecule has 1 saturated heterocycles. The molecule has 2 N–H and O–H groups in total. The Balaban J connectivity index is 2.21. The molecule has 1 heterocycles. The molecule has 1 aromatic carbocycles. The fraction of sp³-hybridized carbons (Fsp3) is 0.571. The van der Waals surface area contributed by atoms with Crippen molar-refractivity contribution in [3.63, 3.8) is 0 Å². The van der Waals surface area contributed by atoms with Gasteiger partial charge in [0.05, 0.1) is 4.90 Å². The third-order valence-corrected chi connectivity index (χ3v) is 6.04. The van der Waals surface area contributed by atoms with Crippen molar-refractivity contribution in [2.75, 3.05) is 13.1 Å². The summed E-state index contributed by atoms with van der Waals surface area (Å²) in [6.07, 6.45) is 3.12. The standard InChI is InChI=1S/C14H21ClN2O2S/c1-2-3-11-6-7-17(10-11)20(18,19)13-5-4-12(9-16)14(15)8-13/h4-5,8,11H,2-3,6-7,9-10,16H2,1H3. The van der Waals surface area contributed by atoms with E-state index < -0.39 is 10.0 Å². The lowest BCUT2D eigenvalue weighted by Crippen LogP contribution is -2.29. The van der Waals surface area contributed by atoms with E-state index in [2.05, 4.69) is 6.92 Å². The third-order valence-electron chi connectivity index (χ3n) is 3.83. The Labute approximate surface area is 126 Å². The van der Waals surface area contributed by atoms with Crippen LogP contribution in [0.3, 0.4) is 0 Å². The van der Waals surface area contributed by atoms with Gasteiger partial charge in [0.1, 0.15) is 0 Å². The molecular formula is C14H21ClN2O2S. The highest BCUT2D eigenvalue weighted by molar-refractivity contribution is 7.89. The zero-order chi connectivity index (χ0) is 14.8. The second-order valence-electron chi connectivity index (χ2n) is 5.26. The average Bonchev–Trinajstić information content (AvgIpc) is 2.88. The van der Waals surface area contributed by atoms with Gasteiger partial charge in [-0.15, -0.1) is 0 Å². The van der Waals surface area contributed by atoms with Crippen molar-refractivity contribution in [2.24, 2.45) is 11.7 Å². The SMILES string of the molecule is CCCC1CCN(S(=O)(=O)c2ccc(CN)c(Cl)c2)C1. The minimum atomic E-state index is -3.43. The van der Waals surface area contributed by atoms with E-state index in [4.69, 9.17) is 17.3 Å². The minimum absolute atomic E-state index is 0.261. The molecule has 0 radical (unpaired) electrons. The Morgan fingerprint density at radius 2 is 2.20 bits per heavy atom. The molecule has 1 aliphatic heterocycles. The van der Waals surface area contributed by atoms with Crippen LogP contribution in [0.2, 0.25) is 5.02 Å². The van der Waals surface area contributed by atoms with Gasteiger partial charge in [-0.25, -0.2) is 8.42 Å². The zero-order valence-electron chi connectivity index (χ0n) is 11.7. The van der Waals surface area contributed by atoms with Crippen molar-refractivity contribution in [3.05, 3.63) is 28.8 Å². The van der Waals surface area contributed by atoms with E-state index >= 15 is 0 Å². The van der Waals surface area contributed by atoms with E-state index in [-0.39, 0.29) is 4.90 Å². The molecule has 4 nitrogen and oxygen atoms in total. The van der Waals surface area contributed by atoms with Crippen LogP contribution in [0.4, 0.5) is 0 Å². The molecule has 0 saturated carbocycles. The molecule has 0 aliphatic carbocycles. The Morgan fingerprint density at radius 3 is 2.80 bits per heavy atom. The van der Waals surface area contributed by atoms with Gasteiger partial charge >= 0.3 is 0 Å². The predicted octanol–water partition coefficient (Wildman–Crippen LogP) is 2.61. The maximum absolute atomic E-state index is 12.6. The van der Waals surface area contributed by atoms with Crippen molar-refractivity contribution in [3.8, 4) is 0 Å². The summed E-state index contributed by atoms with van der Waals surface area (Å²) in [5.41, 5.74) is 6.30. The van der Waals surface area contributed by atoms with Gasteiger partial charge < -0.3 is 5.73 Å². The number of hydrogen-bond acceptors (Lipinski definition) is 3. The van der Waals surface area contributed by atoms with Gasteiger partial charge in [-0.1, -0.05) is 31.0 Å². The van der Waals surface area contributed by atoms with Crippen LogP contribution in [-0.4, -0.2) is 25.8 Å². The molecule has 0 spiro atoms. The lowest BCUT2D eigenvalue weighted by molar-refractivity contribution is 0.444. The monoisotopic (exact) mass is 316 g/mol. The van der Waals surface area contributed by atoms with Crippen LogP contribution < -0.4 is 5.73 Å². The summed E-state index contributed by atoms with van der Waals surface area (Å²) in [6, 6.07) is 4.79. The molecule has 0 amide bonds. The van der Waals surface area contributed by atoms with Crippen LogP contribution in [0, 0.1) is 5.92 Å². The quantitative estimate of drug-likeness (QED) is 0.908. The van der Waals surface area contributed by atoms with Gasteiger partial charge in [-0.05, 0) is 36.5 Å². The molecule has 1 aromatic rings. The van der Waals surface area contributed by atoms with Gasteiger partial charge in [-0.3, -0.25) is 0 Å². The first-order chi connectivity index (χ1) is 9.48. The summed E-state index contributed by atoms with van der Waals surface area (Å²) < 4.78 is 26.7. The molecule has 20 heavy (non-hydrogen) atoms. The van der Waals surface area contributed by atoms with Crippen LogP contribution in [0.15, 0.2) is 23.1 Å². The van der Waals surface area contributed by atoms with E-state index in [1.54, 1.807) is 16.4 Å². The van der Waals surface area contributed by atoms with Crippen LogP contribution in [0.5, 0.6) is 0 Å². The summed E-state index contributed by atoms with van der Waals surface area (Å²) in [5, 5.41) is 0.415. The fourth-order valence-corrected chi connectivity index (χ4v) is 4.54. The number of nitrogens with two attached hydrogens (primary N) is 1. The molecule has 0 bridgehead atoms. The smallest absolute Gasteiger partial charge is 0.243 e. The number of nitrogens with zero attached hydrogens (tertiary/aromatic N) is 1. The number of halogens is 1. The highest BCUT2D eigenvalue weighted by Gasteiger charge is 2.32. The Kier molecular flexibility index (Phi) is 5.07. The predicted molar refractivity (Wildman–Crippen MR) is 81.1 cm³/mol. The van der Waals surface area contributed by atoms with Crippen molar-refractivity contribution in [1.29, 1.82) is 0 Å². The summed E-state index contributed by atoms with van der Waals surface area (Å²) in [7, 11) is -3.43. The summed E-state index contributed by atoms with van der Waals surface area (Å²) in [5.74, 6) is 0.480. The van der Waals surface area contributed by atoms with Crippen LogP contribution >= 0.6 is 11.6 Å². The fourth-order valence-electron chi connectivity index (χ4n) is 2.66. The maximum Gasteiger partial charge on any atom is 0.243 e. The molecule has 0 aromatic heterocycles. The van der Waals surface area contributed by atoms with Crippen LogP contribution in [0.25, 0.3) is 0 Å². The Bertz CT molecular complexity index is 575. The Morgan fingerprint density at radius 1 is 1.45 bits per heavy atom. The van der Waals surface area contributed by atoms with Crippen molar-refractivity contribution >= 4 is 21.6 Å². The normalized spacial score (nSPS) is 20.4. The highest BCUT2D eigenvalue weighted by Crippen LogP contribution is 2.28. The van der Waals surface area contributed by atoms with E-state index in [1.807, 2.05) is 0 Å². The largest absolute Gasteiger partial charge is 0.326 e. The number of hydrogen-bond donors (Lipinski definition) is 1. The summed E-state index contributed by atoms with van der Waals surface area (Å²) in [6.45, 7) is 3.65. The van der Waals surface area contributed by atoms with Crippen LogP contribution in [0.1, 0.15) is 31.7 Å². The van der Waals surface area contributed by atoms with Crippen molar-refractivity contribution in [1.82, 2.24) is 4.31 Å². The van der Waals surface area contributed by atoms with Gasteiger partial charge in [0.2, 0.25) is 10.0 Å². The number of benzene rings is 1. The molecule has 112 valence electrons. The third kappa shape index (κ3) is 3.17. The Hall–Kier alpha value is -0.620. The molecule has 1 aliphatic rings. The molecule has 1 atom stereocenters. The molecule has 6 heteroatoms. The summed E-state index contributed by atoms with van der Waals surface area (Å²) >= 11 is 6.06. The van der Waals surface area contributed by atoms with Gasteiger partial charge in [0.25, 0.3) is 0 Å². The zero-order valence-corrected chi connectivity index (χ0v) is 13.3. The highest BCUT2D eigenvalue weighted by atomic mass is 35.5. The number of sulfonamides is 1. The van der Waals surface area contributed by atoms with Gasteiger partial charge in [-0.2, -0.15) is 4.31 Å². The molecular weight excluding hydrogens is 296 g/mol. The lowest BCUT2D eigenvalue weighted by Gasteiger charge is -2.17. The van der Waals surface area contributed by atoms with Crippen LogP contribution in [-0.2, 0) is 16.6 Å². The first-order valence-corrected chi connectivity index (χ1v) is 8.79. The van der Waals surface area contributed by atoms with Crippen molar-refractivity contribution < 1.29 is 8.42 Å². The second kappa shape index (κ2) is 6.43. The van der Waals surface area contributed by atoms with Gasteiger partial charge in [0.15, 0.2) is 0 Å². The first-order valence-electron chi connectivity index (χ1n) is 6.97. The molecule has 1 fully saturated rings. The summed E-state index contributed by atoms with van der Waals surface area (Å²) in [4.78, 5) is 0.261. The van der Waals surface area contributed by atoms with E-state index in [0.717, 1.165) is 24.8 Å². The number of rotatable bonds is 5. The van der Waals surface area contributed by atoms with Crippen molar-refractivity contribution in [2.45, 2.75) is 37.6 Å². The van der Waals surface area contributed by atoms with E-state index in [9.17, 15) is 8.42 Å². The minimum Gasteiger partial charge on any atom is -0.326 e. The van der Waals surface area contributed by atoms with E-state index in [1.165, 1.54) is 6.07 Å². The topological polar surface area (TPSA) is 63.4 Å². The average molecular weight is 317 g/mol. The maximum atomic E-state index is 12.6. The first kappa shape index (κ1) is 15.8. The van der Waals surface area contributed by atoms with Gasteiger partial charge in [0, 0.05) is 24.7 Å². The van der Waals surface area contributed by atoms with E-state index in [0.29, 0.717) is 30.6 Å². The molecule has 1 unspecified atom stereocenters. The second-order valence-corrected chi connectivity index (χ2v) is 7.61.